The van der Waals surface area contributed by atoms with E-state index in [1.165, 1.54) is 17.0 Å². The summed E-state index contributed by atoms with van der Waals surface area (Å²) in [7, 11) is 0. The number of ether oxygens (including phenoxy) is 1. The second-order valence-corrected chi connectivity index (χ2v) is 10.1. The number of hydroxylamine groups is 2. The standard InChI is InChI=1S/C30H26N2O6/c1-18-14-19(29(35)38-32-27(33)24-12-6-7-13-25(24)28(32)34)16-31(15-18)30(36)37-17-26-22-10-4-2-8-20(22)21-9-3-5-11-23(21)26/h2-13,18-19,26H,14-17H2,1H3. The minimum Gasteiger partial charge on any atom is -0.448 e. The van der Waals surface area contributed by atoms with Gasteiger partial charge in [0.1, 0.15) is 6.61 Å². The molecule has 6 rings (SSSR count). The van der Waals surface area contributed by atoms with Crippen molar-refractivity contribution in [3.05, 3.63) is 95.1 Å². The van der Waals surface area contributed by atoms with E-state index in [9.17, 15) is 19.2 Å². The minimum atomic E-state index is -0.720. The van der Waals surface area contributed by atoms with Crippen molar-refractivity contribution in [2.75, 3.05) is 19.7 Å². The molecule has 192 valence electrons. The molecule has 1 saturated heterocycles. The van der Waals surface area contributed by atoms with Gasteiger partial charge >= 0.3 is 12.1 Å². The summed E-state index contributed by atoms with van der Waals surface area (Å²) in [4.78, 5) is 58.1. The van der Waals surface area contributed by atoms with Gasteiger partial charge in [-0.05, 0) is 46.7 Å². The highest BCUT2D eigenvalue weighted by molar-refractivity contribution is 6.20. The predicted molar refractivity (Wildman–Crippen MR) is 137 cm³/mol. The zero-order valence-electron chi connectivity index (χ0n) is 20.8. The molecule has 0 spiro atoms. The van der Waals surface area contributed by atoms with E-state index in [1.54, 1.807) is 12.1 Å². The van der Waals surface area contributed by atoms with Crippen LogP contribution in [0.4, 0.5) is 4.79 Å². The normalized spacial score (nSPS) is 20.1. The maximum absolute atomic E-state index is 13.1. The Morgan fingerprint density at radius 1 is 0.789 bits per heavy atom. The Balaban J connectivity index is 1.11. The van der Waals surface area contributed by atoms with Gasteiger partial charge in [-0.2, -0.15) is 0 Å². The second kappa shape index (κ2) is 9.45. The van der Waals surface area contributed by atoms with Gasteiger partial charge in [0.2, 0.25) is 0 Å². The summed E-state index contributed by atoms with van der Waals surface area (Å²) in [6.07, 6.45) is -0.0354. The molecule has 8 nitrogen and oxygen atoms in total. The average molecular weight is 511 g/mol. The Morgan fingerprint density at radius 2 is 1.32 bits per heavy atom. The second-order valence-electron chi connectivity index (χ2n) is 10.1. The lowest BCUT2D eigenvalue weighted by molar-refractivity contribution is -0.176. The zero-order valence-corrected chi connectivity index (χ0v) is 20.8. The highest BCUT2D eigenvalue weighted by atomic mass is 16.7. The van der Waals surface area contributed by atoms with Crippen LogP contribution in [0.25, 0.3) is 11.1 Å². The summed E-state index contributed by atoms with van der Waals surface area (Å²) in [6, 6.07) is 22.6. The predicted octanol–water partition coefficient (Wildman–Crippen LogP) is 4.65. The van der Waals surface area contributed by atoms with E-state index < -0.39 is 29.8 Å². The molecule has 2 unspecified atom stereocenters. The molecule has 2 aliphatic heterocycles. The van der Waals surface area contributed by atoms with Crippen LogP contribution < -0.4 is 0 Å². The summed E-state index contributed by atoms with van der Waals surface area (Å²) in [6.45, 7) is 2.64. The SMILES string of the molecule is CC1CC(C(=O)ON2C(=O)c3ccccc3C2=O)CN(C(=O)OCC2c3ccccc3-c3ccccc32)C1. The molecule has 0 N–H and O–H groups in total. The van der Waals surface area contributed by atoms with Crippen molar-refractivity contribution in [2.24, 2.45) is 11.8 Å². The van der Waals surface area contributed by atoms with Crippen LogP contribution in [0.2, 0.25) is 0 Å². The number of imide groups is 1. The number of fused-ring (bicyclic) bond motifs is 4. The Labute approximate surface area is 219 Å². The first kappa shape index (κ1) is 23.9. The quantitative estimate of drug-likeness (QED) is 0.475. The number of carbonyl (C=O) groups excluding carboxylic acids is 4. The van der Waals surface area contributed by atoms with Gasteiger partial charge in [0, 0.05) is 19.0 Å². The maximum atomic E-state index is 13.1. The smallest absolute Gasteiger partial charge is 0.409 e. The van der Waals surface area contributed by atoms with E-state index in [2.05, 4.69) is 24.3 Å². The lowest BCUT2D eigenvalue weighted by Crippen LogP contribution is -2.47. The number of piperidine rings is 1. The molecule has 2 heterocycles. The van der Waals surface area contributed by atoms with Gasteiger partial charge < -0.3 is 14.5 Å². The van der Waals surface area contributed by atoms with Gasteiger partial charge in [-0.15, -0.1) is 0 Å². The number of benzene rings is 3. The molecule has 3 aromatic rings. The van der Waals surface area contributed by atoms with Crippen LogP contribution in [0.1, 0.15) is 51.1 Å². The van der Waals surface area contributed by atoms with Crippen LogP contribution >= 0.6 is 0 Å². The first-order valence-electron chi connectivity index (χ1n) is 12.7. The summed E-state index contributed by atoms with van der Waals surface area (Å²) >= 11 is 0. The molecule has 0 aromatic heterocycles. The van der Waals surface area contributed by atoms with Crippen molar-refractivity contribution in [3.8, 4) is 11.1 Å². The van der Waals surface area contributed by atoms with Gasteiger partial charge in [0.25, 0.3) is 11.8 Å². The van der Waals surface area contributed by atoms with Crippen LogP contribution in [-0.4, -0.2) is 53.5 Å². The first-order valence-corrected chi connectivity index (χ1v) is 12.7. The molecule has 2 atom stereocenters. The van der Waals surface area contributed by atoms with Crippen molar-refractivity contribution in [3.63, 3.8) is 0 Å². The average Bonchev–Trinajstić information content (AvgIpc) is 3.38. The monoisotopic (exact) mass is 510 g/mol. The number of likely N-dealkylation sites (tertiary alicyclic amines) is 1. The Kier molecular flexibility index (Phi) is 5.94. The van der Waals surface area contributed by atoms with Crippen LogP contribution in [0.5, 0.6) is 0 Å². The lowest BCUT2D eigenvalue weighted by Gasteiger charge is -2.35. The van der Waals surface area contributed by atoms with Crippen molar-refractivity contribution in [1.82, 2.24) is 9.96 Å². The highest BCUT2D eigenvalue weighted by Crippen LogP contribution is 2.44. The van der Waals surface area contributed by atoms with E-state index in [0.29, 0.717) is 18.0 Å². The van der Waals surface area contributed by atoms with Gasteiger partial charge in [-0.1, -0.05) is 72.7 Å². The molecule has 1 aliphatic carbocycles. The topological polar surface area (TPSA) is 93.2 Å². The molecule has 0 radical (unpaired) electrons. The van der Waals surface area contributed by atoms with Gasteiger partial charge in [-0.25, -0.2) is 9.59 Å². The number of carbonyl (C=O) groups is 4. The van der Waals surface area contributed by atoms with Crippen LogP contribution in [-0.2, 0) is 14.4 Å². The summed E-state index contributed by atoms with van der Waals surface area (Å²) in [5, 5.41) is 0.518. The zero-order chi connectivity index (χ0) is 26.4. The fraction of sp³-hybridized carbons (Fsp3) is 0.267. The van der Waals surface area contributed by atoms with Gasteiger partial charge in [0.15, 0.2) is 0 Å². The Bertz CT molecular complexity index is 1390. The third-order valence-corrected chi connectivity index (χ3v) is 7.53. The molecular formula is C30H26N2O6. The van der Waals surface area contributed by atoms with Crippen molar-refractivity contribution >= 4 is 23.9 Å². The highest BCUT2D eigenvalue weighted by Gasteiger charge is 2.41. The van der Waals surface area contributed by atoms with Crippen molar-refractivity contribution < 1.29 is 28.8 Å². The first-order chi connectivity index (χ1) is 18.4. The van der Waals surface area contributed by atoms with Gasteiger partial charge in [0.05, 0.1) is 17.0 Å². The number of hydrogen-bond acceptors (Lipinski definition) is 6. The molecule has 1 fully saturated rings. The van der Waals surface area contributed by atoms with E-state index in [-0.39, 0.29) is 36.1 Å². The molecular weight excluding hydrogens is 484 g/mol. The largest absolute Gasteiger partial charge is 0.448 e. The fourth-order valence-corrected chi connectivity index (χ4v) is 5.77. The molecule has 0 bridgehead atoms. The molecule has 3 amide bonds. The van der Waals surface area contributed by atoms with Crippen LogP contribution in [0, 0.1) is 11.8 Å². The van der Waals surface area contributed by atoms with Crippen molar-refractivity contribution in [2.45, 2.75) is 19.3 Å². The third-order valence-electron chi connectivity index (χ3n) is 7.53. The van der Waals surface area contributed by atoms with Gasteiger partial charge in [-0.3, -0.25) is 9.59 Å². The molecule has 3 aliphatic rings. The van der Waals surface area contributed by atoms with Crippen LogP contribution in [0.3, 0.4) is 0 Å². The van der Waals surface area contributed by atoms with Crippen LogP contribution in [0.15, 0.2) is 72.8 Å². The van der Waals surface area contributed by atoms with E-state index in [4.69, 9.17) is 9.57 Å². The van der Waals surface area contributed by atoms with E-state index >= 15 is 0 Å². The molecule has 0 saturated carbocycles. The Hall–Kier alpha value is -4.46. The van der Waals surface area contributed by atoms with Crippen molar-refractivity contribution in [1.29, 1.82) is 0 Å². The number of amides is 3. The molecule has 3 aromatic carbocycles. The summed E-state index contributed by atoms with van der Waals surface area (Å²) in [5.74, 6) is -2.81. The lowest BCUT2D eigenvalue weighted by atomic mass is 9.91. The molecule has 38 heavy (non-hydrogen) atoms. The summed E-state index contributed by atoms with van der Waals surface area (Å²) in [5.41, 5.74) is 4.93. The Morgan fingerprint density at radius 3 is 1.89 bits per heavy atom. The number of hydrogen-bond donors (Lipinski definition) is 0. The minimum absolute atomic E-state index is 0.00367. The third kappa shape index (κ3) is 4.02. The number of nitrogens with zero attached hydrogens (tertiary/aromatic N) is 2. The van der Waals surface area contributed by atoms with E-state index in [0.717, 1.165) is 22.3 Å². The molecule has 8 heteroatoms. The van der Waals surface area contributed by atoms with E-state index in [1.807, 2.05) is 31.2 Å². The number of rotatable bonds is 4. The fourth-order valence-electron chi connectivity index (χ4n) is 5.77. The summed E-state index contributed by atoms with van der Waals surface area (Å²) < 4.78 is 5.78. The maximum Gasteiger partial charge on any atom is 0.409 e.